The Morgan fingerprint density at radius 2 is 1.95 bits per heavy atom. The molecule has 2 rings (SSSR count). The van der Waals surface area contributed by atoms with Crippen LogP contribution >= 0.6 is 36.4 Å². The molecule has 0 spiro atoms. The second-order valence-corrected chi connectivity index (χ2v) is 4.73. The molecule has 20 heavy (non-hydrogen) atoms. The topological polar surface area (TPSA) is 35.5 Å². The van der Waals surface area contributed by atoms with Crippen LogP contribution in [0.5, 0.6) is 5.75 Å². The van der Waals surface area contributed by atoms with Crippen LogP contribution in [-0.4, -0.2) is 36.2 Å². The van der Waals surface area contributed by atoms with Crippen molar-refractivity contribution >= 4 is 36.4 Å². The number of hydrogen-bond donors (Lipinski definition) is 2. The Morgan fingerprint density at radius 1 is 1.35 bits per heavy atom. The van der Waals surface area contributed by atoms with Crippen molar-refractivity contribution in [2.24, 2.45) is 0 Å². The summed E-state index contributed by atoms with van der Waals surface area (Å²) < 4.78 is 13.5. The zero-order valence-corrected chi connectivity index (χ0v) is 13.2. The third-order valence-corrected chi connectivity index (χ3v) is 3.36. The molecular weight excluding hydrogens is 326 g/mol. The maximum absolute atomic E-state index is 13.5. The Hall–Kier alpha value is -0.520. The number of nitrogens with zero attached hydrogens (tertiary/aromatic N) is 1. The van der Waals surface area contributed by atoms with E-state index in [0.717, 1.165) is 32.2 Å². The molecule has 1 aromatic rings. The predicted molar refractivity (Wildman–Crippen MR) is 85.0 cm³/mol. The molecule has 2 N–H and O–H groups in total. The molecule has 3 nitrogen and oxygen atoms in total. The van der Waals surface area contributed by atoms with Gasteiger partial charge in [-0.2, -0.15) is 0 Å². The minimum Gasteiger partial charge on any atom is -0.505 e. The first kappa shape index (κ1) is 19.5. The van der Waals surface area contributed by atoms with E-state index in [2.05, 4.69) is 16.8 Å². The van der Waals surface area contributed by atoms with Crippen LogP contribution in [0.15, 0.2) is 24.8 Å². The summed E-state index contributed by atoms with van der Waals surface area (Å²) in [6.07, 6.45) is 1.70. The Labute approximate surface area is 135 Å². The van der Waals surface area contributed by atoms with Crippen molar-refractivity contribution < 1.29 is 9.50 Å². The van der Waals surface area contributed by atoms with Crippen molar-refractivity contribution in [2.75, 3.05) is 26.2 Å². The van der Waals surface area contributed by atoms with E-state index in [4.69, 9.17) is 11.6 Å². The van der Waals surface area contributed by atoms with Gasteiger partial charge in [-0.25, -0.2) is 4.39 Å². The van der Waals surface area contributed by atoms with Crippen LogP contribution < -0.4 is 5.32 Å². The predicted octanol–water partition coefficient (Wildman–Crippen LogP) is 3.16. The molecule has 0 bridgehead atoms. The first-order valence-corrected chi connectivity index (χ1v) is 6.26. The highest BCUT2D eigenvalue weighted by molar-refractivity contribution is 6.30. The number of nitrogens with one attached hydrogen (secondary N) is 1. The Morgan fingerprint density at radius 3 is 2.50 bits per heavy atom. The molecular formula is C13H18Cl3FN2O. The molecule has 1 heterocycles. The highest BCUT2D eigenvalue weighted by Crippen LogP contribution is 2.34. The van der Waals surface area contributed by atoms with Crippen molar-refractivity contribution in [2.45, 2.75) is 6.04 Å². The Bertz CT molecular complexity index is 453. The van der Waals surface area contributed by atoms with E-state index in [0.29, 0.717) is 5.56 Å². The second-order valence-electron chi connectivity index (χ2n) is 4.29. The highest BCUT2D eigenvalue weighted by atomic mass is 35.5. The monoisotopic (exact) mass is 342 g/mol. The van der Waals surface area contributed by atoms with Crippen LogP contribution in [0, 0.1) is 5.82 Å². The van der Waals surface area contributed by atoms with Crippen molar-refractivity contribution in [3.63, 3.8) is 0 Å². The van der Waals surface area contributed by atoms with Gasteiger partial charge in [0, 0.05) is 36.8 Å². The van der Waals surface area contributed by atoms with Gasteiger partial charge in [0.15, 0.2) is 11.6 Å². The van der Waals surface area contributed by atoms with E-state index < -0.39 is 5.82 Å². The molecule has 0 radical (unpaired) electrons. The van der Waals surface area contributed by atoms with Gasteiger partial charge in [0.1, 0.15) is 0 Å². The molecule has 1 aliphatic heterocycles. The van der Waals surface area contributed by atoms with Gasteiger partial charge < -0.3 is 10.4 Å². The van der Waals surface area contributed by atoms with Gasteiger partial charge in [0.25, 0.3) is 0 Å². The summed E-state index contributed by atoms with van der Waals surface area (Å²) in [6, 6.07) is 2.48. The van der Waals surface area contributed by atoms with E-state index in [-0.39, 0.29) is 41.6 Å². The molecule has 1 fully saturated rings. The first-order valence-electron chi connectivity index (χ1n) is 5.88. The molecule has 1 aliphatic rings. The smallest absolute Gasteiger partial charge is 0.166 e. The van der Waals surface area contributed by atoms with E-state index in [1.165, 1.54) is 0 Å². The number of benzene rings is 1. The number of rotatable bonds is 3. The fourth-order valence-corrected chi connectivity index (χ4v) is 2.46. The molecule has 1 atom stereocenters. The molecule has 0 saturated carbocycles. The molecule has 0 aromatic heterocycles. The van der Waals surface area contributed by atoms with Gasteiger partial charge in [-0.3, -0.25) is 4.90 Å². The number of piperazine rings is 1. The minimum absolute atomic E-state index is 0. The normalized spacial score (nSPS) is 16.7. The van der Waals surface area contributed by atoms with Gasteiger partial charge in [0.05, 0.1) is 6.04 Å². The minimum atomic E-state index is -0.695. The maximum atomic E-state index is 13.5. The maximum Gasteiger partial charge on any atom is 0.166 e. The summed E-state index contributed by atoms with van der Waals surface area (Å²) in [7, 11) is 0. The Balaban J connectivity index is 0.00000180. The summed E-state index contributed by atoms with van der Waals surface area (Å²) in [5.74, 6) is -1.04. The summed E-state index contributed by atoms with van der Waals surface area (Å²) in [4.78, 5) is 2.13. The van der Waals surface area contributed by atoms with E-state index in [1.807, 2.05) is 0 Å². The van der Waals surface area contributed by atoms with Crippen LogP contribution in [0.25, 0.3) is 0 Å². The van der Waals surface area contributed by atoms with Gasteiger partial charge in [0.2, 0.25) is 0 Å². The lowest BCUT2D eigenvalue weighted by Gasteiger charge is -2.33. The molecule has 1 aromatic carbocycles. The fraction of sp³-hybridized carbons (Fsp3) is 0.385. The van der Waals surface area contributed by atoms with E-state index >= 15 is 0 Å². The summed E-state index contributed by atoms with van der Waals surface area (Å²) in [6.45, 7) is 7.16. The van der Waals surface area contributed by atoms with Crippen LogP contribution in [0.3, 0.4) is 0 Å². The molecule has 1 saturated heterocycles. The molecule has 0 unspecified atom stereocenters. The molecule has 7 heteroatoms. The summed E-state index contributed by atoms with van der Waals surface area (Å²) in [5, 5.41) is 13.4. The van der Waals surface area contributed by atoms with Crippen LogP contribution in [0.2, 0.25) is 5.02 Å². The van der Waals surface area contributed by atoms with Gasteiger partial charge in [-0.15, -0.1) is 31.4 Å². The largest absolute Gasteiger partial charge is 0.505 e. The van der Waals surface area contributed by atoms with Crippen LogP contribution in [-0.2, 0) is 0 Å². The van der Waals surface area contributed by atoms with Crippen molar-refractivity contribution in [3.8, 4) is 5.75 Å². The SMILES string of the molecule is C=C[C@H](c1cc(Cl)cc(F)c1O)N1CCNCC1.Cl.Cl. The average molecular weight is 344 g/mol. The average Bonchev–Trinajstić information content (AvgIpc) is 2.37. The third kappa shape index (κ3) is 4.24. The first-order chi connectivity index (χ1) is 8.63. The lowest BCUT2D eigenvalue weighted by molar-refractivity contribution is 0.200. The van der Waals surface area contributed by atoms with Gasteiger partial charge >= 0.3 is 0 Å². The third-order valence-electron chi connectivity index (χ3n) is 3.14. The van der Waals surface area contributed by atoms with Gasteiger partial charge in [-0.05, 0) is 12.1 Å². The fourth-order valence-electron chi connectivity index (χ4n) is 2.24. The summed E-state index contributed by atoms with van der Waals surface area (Å²) in [5.41, 5.74) is 0.469. The molecule has 114 valence electrons. The zero-order valence-electron chi connectivity index (χ0n) is 10.8. The van der Waals surface area contributed by atoms with Crippen molar-refractivity contribution in [1.29, 1.82) is 0 Å². The lowest BCUT2D eigenvalue weighted by atomic mass is 10.0. The second kappa shape index (κ2) is 8.70. The van der Waals surface area contributed by atoms with E-state index in [9.17, 15) is 9.50 Å². The lowest BCUT2D eigenvalue weighted by Crippen LogP contribution is -2.44. The number of halogens is 4. The quantitative estimate of drug-likeness (QED) is 0.828. The Kier molecular flexibility index (Phi) is 8.47. The van der Waals surface area contributed by atoms with Crippen molar-refractivity contribution in [1.82, 2.24) is 10.2 Å². The van der Waals surface area contributed by atoms with Gasteiger partial charge in [-0.1, -0.05) is 17.7 Å². The standard InChI is InChI=1S/C13H16ClFN2O.2ClH/c1-2-12(17-5-3-16-4-6-17)10-7-9(14)8-11(15)13(10)18;;/h2,7-8,12,16,18H,1,3-6H2;2*1H/t12-;;/m1../s1. The van der Waals surface area contributed by atoms with Crippen LogP contribution in [0.4, 0.5) is 4.39 Å². The number of phenolic OH excluding ortho intramolecular Hbond substituents is 1. The number of hydrogen-bond acceptors (Lipinski definition) is 3. The van der Waals surface area contributed by atoms with Crippen molar-refractivity contribution in [3.05, 3.63) is 41.2 Å². The van der Waals surface area contributed by atoms with E-state index in [1.54, 1.807) is 12.1 Å². The molecule has 0 amide bonds. The van der Waals surface area contributed by atoms with Crippen LogP contribution in [0.1, 0.15) is 11.6 Å². The molecule has 0 aliphatic carbocycles. The zero-order chi connectivity index (χ0) is 13.1. The summed E-state index contributed by atoms with van der Waals surface area (Å²) >= 11 is 5.85. The highest BCUT2D eigenvalue weighted by Gasteiger charge is 2.23. The number of phenols is 1. The number of aromatic hydroxyl groups is 1.